The first-order chi connectivity index (χ1) is 15.2. The van der Waals surface area contributed by atoms with Crippen molar-refractivity contribution in [2.45, 2.75) is 24.2 Å². The first kappa shape index (κ1) is 23.6. The summed E-state index contributed by atoms with van der Waals surface area (Å²) in [5.41, 5.74) is -0.177. The molecular formula is C21H22F2N2O6S. The third-order valence-corrected chi connectivity index (χ3v) is 6.78. The van der Waals surface area contributed by atoms with Gasteiger partial charge in [0.05, 0.1) is 23.3 Å². The van der Waals surface area contributed by atoms with Gasteiger partial charge in [-0.2, -0.15) is 4.31 Å². The van der Waals surface area contributed by atoms with E-state index in [1.54, 1.807) is 0 Å². The van der Waals surface area contributed by atoms with Crippen molar-refractivity contribution < 1.29 is 36.3 Å². The van der Waals surface area contributed by atoms with Crippen molar-refractivity contribution in [1.82, 2.24) is 4.31 Å². The Morgan fingerprint density at radius 3 is 2.41 bits per heavy atom. The number of halogens is 2. The highest BCUT2D eigenvalue weighted by atomic mass is 32.2. The molecule has 1 heterocycles. The summed E-state index contributed by atoms with van der Waals surface area (Å²) in [6.45, 7) is 0.121. The smallest absolute Gasteiger partial charge is 0.338 e. The Morgan fingerprint density at radius 1 is 1.03 bits per heavy atom. The second-order valence-corrected chi connectivity index (χ2v) is 9.02. The van der Waals surface area contributed by atoms with E-state index in [0.717, 1.165) is 31.4 Å². The summed E-state index contributed by atoms with van der Waals surface area (Å²) < 4.78 is 63.4. The number of hydrogen-bond donors (Lipinski definition) is 1. The van der Waals surface area contributed by atoms with Crippen LogP contribution in [0.15, 0.2) is 41.3 Å². The van der Waals surface area contributed by atoms with Crippen LogP contribution in [-0.2, 0) is 19.6 Å². The minimum Gasteiger partial charge on any atom is -0.495 e. The molecule has 1 N–H and O–H groups in total. The van der Waals surface area contributed by atoms with Crippen LogP contribution in [0.5, 0.6) is 5.75 Å². The van der Waals surface area contributed by atoms with Gasteiger partial charge in [-0.3, -0.25) is 4.79 Å². The fourth-order valence-corrected chi connectivity index (χ4v) is 4.77. The topological polar surface area (TPSA) is 102 Å². The Hall–Kier alpha value is -3.05. The molecule has 0 bridgehead atoms. The maximum atomic E-state index is 13.2. The van der Waals surface area contributed by atoms with E-state index in [1.807, 2.05) is 0 Å². The molecule has 172 valence electrons. The first-order valence-corrected chi connectivity index (χ1v) is 11.3. The number of anilines is 1. The van der Waals surface area contributed by atoms with Crippen LogP contribution in [0.4, 0.5) is 14.5 Å². The highest BCUT2D eigenvalue weighted by Gasteiger charge is 2.27. The van der Waals surface area contributed by atoms with Gasteiger partial charge in [0.25, 0.3) is 5.91 Å². The third-order valence-electron chi connectivity index (χ3n) is 4.89. The van der Waals surface area contributed by atoms with Crippen molar-refractivity contribution in [3.05, 3.63) is 53.6 Å². The lowest BCUT2D eigenvalue weighted by Gasteiger charge is -2.26. The summed E-state index contributed by atoms with van der Waals surface area (Å²) in [6.07, 6.45) is 2.53. The molecule has 8 nitrogen and oxygen atoms in total. The Bertz CT molecular complexity index is 1120. The van der Waals surface area contributed by atoms with Crippen LogP contribution in [0.3, 0.4) is 0 Å². The van der Waals surface area contributed by atoms with Gasteiger partial charge in [-0.05, 0) is 49.2 Å². The maximum absolute atomic E-state index is 13.2. The predicted molar refractivity (Wildman–Crippen MR) is 111 cm³/mol. The zero-order valence-electron chi connectivity index (χ0n) is 17.3. The standard InChI is InChI=1S/C21H22F2N2O6S/c1-30-19-8-6-15(32(28,29)25-9-3-2-4-10-25)12-18(19)24-20(26)13-31-21(27)14-5-7-16(22)17(23)11-14/h5-8,11-12H,2-4,9-10,13H2,1H3,(H,24,26). The number of nitrogens with one attached hydrogen (secondary N) is 1. The number of esters is 1. The van der Waals surface area contributed by atoms with Crippen LogP contribution in [-0.4, -0.2) is 51.4 Å². The van der Waals surface area contributed by atoms with Gasteiger partial charge in [-0.25, -0.2) is 22.0 Å². The quantitative estimate of drug-likeness (QED) is 0.627. The molecule has 0 spiro atoms. The van der Waals surface area contributed by atoms with E-state index in [4.69, 9.17) is 9.47 Å². The molecular weight excluding hydrogens is 446 g/mol. The van der Waals surface area contributed by atoms with Crippen molar-refractivity contribution in [3.63, 3.8) is 0 Å². The Kier molecular flexibility index (Phi) is 7.41. The molecule has 32 heavy (non-hydrogen) atoms. The van der Waals surface area contributed by atoms with E-state index in [1.165, 1.54) is 29.6 Å². The van der Waals surface area contributed by atoms with E-state index in [9.17, 15) is 26.8 Å². The fourth-order valence-electron chi connectivity index (χ4n) is 3.22. The molecule has 2 aromatic rings. The Balaban J connectivity index is 1.70. The number of piperidine rings is 1. The molecule has 1 aliphatic rings. The summed E-state index contributed by atoms with van der Waals surface area (Å²) in [7, 11) is -2.39. The normalized spacial score (nSPS) is 14.6. The average molecular weight is 468 g/mol. The van der Waals surface area contributed by atoms with Gasteiger partial charge in [0.1, 0.15) is 5.75 Å². The number of ether oxygens (including phenoxy) is 2. The highest BCUT2D eigenvalue weighted by Crippen LogP contribution is 2.30. The number of methoxy groups -OCH3 is 1. The van der Waals surface area contributed by atoms with E-state index in [2.05, 4.69) is 5.32 Å². The molecule has 2 aromatic carbocycles. The zero-order chi connectivity index (χ0) is 23.3. The van der Waals surface area contributed by atoms with E-state index in [-0.39, 0.29) is 21.9 Å². The van der Waals surface area contributed by atoms with Gasteiger partial charge in [0, 0.05) is 13.1 Å². The predicted octanol–water partition coefficient (Wildman–Crippen LogP) is 2.94. The largest absolute Gasteiger partial charge is 0.495 e. The van der Waals surface area contributed by atoms with Crippen molar-refractivity contribution in [2.75, 3.05) is 32.1 Å². The van der Waals surface area contributed by atoms with Gasteiger partial charge in [0.2, 0.25) is 10.0 Å². The van der Waals surface area contributed by atoms with Crippen molar-refractivity contribution in [1.29, 1.82) is 0 Å². The molecule has 1 fully saturated rings. The van der Waals surface area contributed by atoms with Gasteiger partial charge < -0.3 is 14.8 Å². The molecule has 0 aromatic heterocycles. The summed E-state index contributed by atoms with van der Waals surface area (Å²) in [4.78, 5) is 24.2. The van der Waals surface area contributed by atoms with Gasteiger partial charge >= 0.3 is 5.97 Å². The van der Waals surface area contributed by atoms with E-state index in [0.29, 0.717) is 19.2 Å². The second-order valence-electron chi connectivity index (χ2n) is 7.08. The summed E-state index contributed by atoms with van der Waals surface area (Å²) in [5.74, 6) is -3.92. The molecule has 0 radical (unpaired) electrons. The zero-order valence-corrected chi connectivity index (χ0v) is 18.1. The number of nitrogens with zero attached hydrogens (tertiary/aromatic N) is 1. The molecule has 0 atom stereocenters. The van der Waals surface area contributed by atoms with E-state index >= 15 is 0 Å². The summed E-state index contributed by atoms with van der Waals surface area (Å²) in [6, 6.07) is 6.54. The number of carbonyl (C=O) groups is 2. The van der Waals surface area contributed by atoms with Crippen LogP contribution >= 0.6 is 0 Å². The Labute approximate surface area is 184 Å². The number of hydrogen-bond acceptors (Lipinski definition) is 6. The van der Waals surface area contributed by atoms with Crippen LogP contribution < -0.4 is 10.1 Å². The lowest BCUT2D eigenvalue weighted by atomic mass is 10.2. The minimum absolute atomic E-state index is 0.00529. The maximum Gasteiger partial charge on any atom is 0.338 e. The number of carbonyl (C=O) groups excluding carboxylic acids is 2. The molecule has 1 aliphatic heterocycles. The van der Waals surface area contributed by atoms with Gasteiger partial charge in [-0.1, -0.05) is 6.42 Å². The van der Waals surface area contributed by atoms with Crippen molar-refractivity contribution in [3.8, 4) is 5.75 Å². The summed E-state index contributed by atoms with van der Waals surface area (Å²) in [5, 5.41) is 2.45. The van der Waals surface area contributed by atoms with E-state index < -0.39 is 40.1 Å². The molecule has 3 rings (SSSR count). The SMILES string of the molecule is COc1ccc(S(=O)(=O)N2CCCCC2)cc1NC(=O)COC(=O)c1ccc(F)c(F)c1. The molecule has 1 saturated heterocycles. The molecule has 11 heteroatoms. The number of sulfonamides is 1. The van der Waals surface area contributed by atoms with Crippen molar-refractivity contribution >= 4 is 27.6 Å². The second kappa shape index (κ2) is 10.0. The third kappa shape index (κ3) is 5.40. The van der Waals surface area contributed by atoms with Crippen LogP contribution in [0, 0.1) is 11.6 Å². The fraction of sp³-hybridized carbons (Fsp3) is 0.333. The molecule has 1 amide bonds. The lowest BCUT2D eigenvalue weighted by molar-refractivity contribution is -0.119. The number of amides is 1. The number of rotatable bonds is 7. The lowest BCUT2D eigenvalue weighted by Crippen LogP contribution is -2.35. The Morgan fingerprint density at radius 2 is 1.75 bits per heavy atom. The summed E-state index contributed by atoms with van der Waals surface area (Å²) >= 11 is 0. The number of benzene rings is 2. The van der Waals surface area contributed by atoms with Crippen LogP contribution in [0.1, 0.15) is 29.6 Å². The molecule has 0 aliphatic carbocycles. The van der Waals surface area contributed by atoms with Crippen LogP contribution in [0.25, 0.3) is 0 Å². The molecule has 0 unspecified atom stereocenters. The van der Waals surface area contributed by atoms with Crippen LogP contribution in [0.2, 0.25) is 0 Å². The first-order valence-electron chi connectivity index (χ1n) is 9.82. The monoisotopic (exact) mass is 468 g/mol. The molecule has 0 saturated carbocycles. The van der Waals surface area contributed by atoms with Crippen molar-refractivity contribution in [2.24, 2.45) is 0 Å². The van der Waals surface area contributed by atoms with Gasteiger partial charge in [-0.15, -0.1) is 0 Å². The highest BCUT2D eigenvalue weighted by molar-refractivity contribution is 7.89. The average Bonchev–Trinajstić information content (AvgIpc) is 2.79. The minimum atomic E-state index is -3.74. The van der Waals surface area contributed by atoms with Gasteiger partial charge in [0.15, 0.2) is 18.2 Å².